The first-order valence-corrected chi connectivity index (χ1v) is 9.19. The Morgan fingerprint density at radius 3 is 2.80 bits per heavy atom. The minimum Gasteiger partial charge on any atom is -0.366 e. The number of benzene rings is 1. The van der Waals surface area contributed by atoms with Gasteiger partial charge in [0.1, 0.15) is 12.4 Å². The van der Waals surface area contributed by atoms with E-state index in [0.29, 0.717) is 23.4 Å². The van der Waals surface area contributed by atoms with Gasteiger partial charge in [0.05, 0.1) is 29.8 Å². The van der Waals surface area contributed by atoms with Gasteiger partial charge in [-0.1, -0.05) is 24.2 Å². The van der Waals surface area contributed by atoms with Crippen molar-refractivity contribution in [3.05, 3.63) is 48.1 Å². The van der Waals surface area contributed by atoms with Crippen molar-refractivity contribution >= 4 is 23.2 Å². The minimum absolute atomic E-state index is 0.0181. The molecule has 0 spiro atoms. The summed E-state index contributed by atoms with van der Waals surface area (Å²) in [6, 6.07) is 4.36. The maximum Gasteiger partial charge on any atom is 0.522 e. The smallest absolute Gasteiger partial charge is 0.366 e. The predicted molar refractivity (Wildman–Crippen MR) is 103 cm³/mol. The number of amides is 1. The summed E-state index contributed by atoms with van der Waals surface area (Å²) in [6.07, 6.45) is -2.08. The third-order valence-electron chi connectivity index (χ3n) is 3.88. The highest BCUT2D eigenvalue weighted by molar-refractivity contribution is 6.30. The van der Waals surface area contributed by atoms with Gasteiger partial charge in [-0.15, -0.1) is 13.2 Å². The third-order valence-corrected chi connectivity index (χ3v) is 4.19. The van der Waals surface area contributed by atoms with Crippen LogP contribution in [0.5, 0.6) is 0 Å². The maximum absolute atomic E-state index is 13.6. The molecule has 2 aromatic rings. The number of halogens is 5. The number of nitrogens with zero attached hydrogens (tertiary/aromatic N) is 2. The van der Waals surface area contributed by atoms with Gasteiger partial charge in [-0.2, -0.15) is 0 Å². The van der Waals surface area contributed by atoms with Gasteiger partial charge in [-0.3, -0.25) is 9.53 Å². The second-order valence-electron chi connectivity index (χ2n) is 6.34. The van der Waals surface area contributed by atoms with Crippen LogP contribution in [0.4, 0.5) is 17.6 Å². The fourth-order valence-electron chi connectivity index (χ4n) is 2.30. The van der Waals surface area contributed by atoms with Crippen LogP contribution in [0.15, 0.2) is 37.3 Å². The highest BCUT2D eigenvalue weighted by atomic mass is 35.5. The van der Waals surface area contributed by atoms with Gasteiger partial charge in [0, 0.05) is 30.4 Å². The molecule has 0 aliphatic rings. The lowest BCUT2D eigenvalue weighted by atomic mass is 10.2. The van der Waals surface area contributed by atoms with E-state index in [1.807, 2.05) is 0 Å². The Morgan fingerprint density at radius 2 is 2.13 bits per heavy atom. The molecule has 1 aromatic heterocycles. The van der Waals surface area contributed by atoms with Crippen LogP contribution < -0.4 is 5.32 Å². The zero-order chi connectivity index (χ0) is 22.3. The molecule has 0 saturated heterocycles. The van der Waals surface area contributed by atoms with Crippen molar-refractivity contribution in [3.63, 3.8) is 0 Å². The quantitative estimate of drug-likeness (QED) is 0.550. The second kappa shape index (κ2) is 10.6. The normalized spacial score (nSPS) is 12.6. The Labute approximate surface area is 175 Å². The number of ether oxygens (including phenoxy) is 2. The number of carbonyl (C=O) groups is 1. The van der Waals surface area contributed by atoms with E-state index in [1.165, 1.54) is 25.4 Å². The highest BCUT2D eigenvalue weighted by Gasteiger charge is 2.29. The standard InChI is InChI=1S/C19H20ClF4N3O3/c1-12(5-6-25-18(28)10-29-13(2)9-30-19(22,23)24)27-8-17(26-11-27)14-3-4-15(20)16(21)7-14/h3-4,7-8,11,13H,1,5-6,9-10H2,2H3,(H,25,28)/t13-/m1/s1. The Kier molecular flexibility index (Phi) is 8.39. The molecule has 0 saturated carbocycles. The summed E-state index contributed by atoms with van der Waals surface area (Å²) in [4.78, 5) is 15.9. The van der Waals surface area contributed by atoms with Crippen LogP contribution in [0.3, 0.4) is 0 Å². The average molecular weight is 450 g/mol. The van der Waals surface area contributed by atoms with Crippen LogP contribution in [0.25, 0.3) is 17.0 Å². The summed E-state index contributed by atoms with van der Waals surface area (Å²) in [5.74, 6) is -1.03. The van der Waals surface area contributed by atoms with E-state index >= 15 is 0 Å². The SMILES string of the molecule is C=C(CCNC(=O)CO[C@H](C)COC(F)(F)F)n1cnc(-c2ccc(Cl)c(F)c2)c1. The molecule has 1 heterocycles. The zero-order valence-corrected chi connectivity index (χ0v) is 16.8. The van der Waals surface area contributed by atoms with Crippen molar-refractivity contribution in [2.24, 2.45) is 0 Å². The van der Waals surface area contributed by atoms with Gasteiger partial charge in [0.15, 0.2) is 0 Å². The number of hydrogen-bond acceptors (Lipinski definition) is 4. The van der Waals surface area contributed by atoms with E-state index in [-0.39, 0.29) is 11.6 Å². The van der Waals surface area contributed by atoms with Gasteiger partial charge in [0.25, 0.3) is 0 Å². The molecule has 164 valence electrons. The predicted octanol–water partition coefficient (Wildman–Crippen LogP) is 4.26. The molecule has 0 fully saturated rings. The summed E-state index contributed by atoms with van der Waals surface area (Å²) in [6.45, 7) is 4.41. The number of aromatic nitrogens is 2. The molecule has 1 N–H and O–H groups in total. The second-order valence-corrected chi connectivity index (χ2v) is 6.75. The zero-order valence-electron chi connectivity index (χ0n) is 16.0. The number of imidazole rings is 1. The molecular weight excluding hydrogens is 430 g/mol. The van der Waals surface area contributed by atoms with E-state index in [1.54, 1.807) is 16.8 Å². The summed E-state index contributed by atoms with van der Waals surface area (Å²) < 4.78 is 59.7. The molecular formula is C19H20ClF4N3O3. The van der Waals surface area contributed by atoms with E-state index in [2.05, 4.69) is 21.6 Å². The molecule has 1 aromatic carbocycles. The molecule has 0 bridgehead atoms. The molecule has 1 amide bonds. The highest BCUT2D eigenvalue weighted by Crippen LogP contribution is 2.23. The number of hydrogen-bond donors (Lipinski definition) is 1. The van der Waals surface area contributed by atoms with Crippen LogP contribution in [-0.2, 0) is 14.3 Å². The Morgan fingerprint density at radius 1 is 1.40 bits per heavy atom. The van der Waals surface area contributed by atoms with Crippen LogP contribution in [-0.4, -0.2) is 47.7 Å². The molecule has 1 atom stereocenters. The topological polar surface area (TPSA) is 65.4 Å². The Balaban J connectivity index is 1.74. The Hall–Kier alpha value is -2.43. The first-order valence-electron chi connectivity index (χ1n) is 8.81. The molecule has 0 aliphatic carbocycles. The number of nitrogens with one attached hydrogen (secondary N) is 1. The lowest BCUT2D eigenvalue weighted by Gasteiger charge is -2.14. The lowest BCUT2D eigenvalue weighted by molar-refractivity contribution is -0.330. The Bertz CT molecular complexity index is 886. The molecule has 0 unspecified atom stereocenters. The van der Waals surface area contributed by atoms with Crippen molar-refractivity contribution < 1.29 is 31.8 Å². The van der Waals surface area contributed by atoms with Crippen molar-refractivity contribution in [2.75, 3.05) is 19.8 Å². The minimum atomic E-state index is -4.74. The van der Waals surface area contributed by atoms with Crippen molar-refractivity contribution in [1.82, 2.24) is 14.9 Å². The van der Waals surface area contributed by atoms with Gasteiger partial charge >= 0.3 is 6.36 Å². The summed E-state index contributed by atoms with van der Waals surface area (Å²) in [7, 11) is 0. The lowest BCUT2D eigenvalue weighted by Crippen LogP contribution is -2.32. The van der Waals surface area contributed by atoms with Crippen LogP contribution in [0.2, 0.25) is 5.02 Å². The first kappa shape index (κ1) is 23.8. The summed E-state index contributed by atoms with van der Waals surface area (Å²) in [5, 5.41) is 2.60. The van der Waals surface area contributed by atoms with E-state index in [0.717, 1.165) is 0 Å². The van der Waals surface area contributed by atoms with Crippen molar-refractivity contribution in [1.29, 1.82) is 0 Å². The van der Waals surface area contributed by atoms with E-state index in [9.17, 15) is 22.4 Å². The number of alkyl halides is 3. The molecule has 0 radical (unpaired) electrons. The van der Waals surface area contributed by atoms with Gasteiger partial charge in [0.2, 0.25) is 5.91 Å². The molecule has 6 nitrogen and oxygen atoms in total. The fourth-order valence-corrected chi connectivity index (χ4v) is 2.42. The van der Waals surface area contributed by atoms with Crippen molar-refractivity contribution in [2.45, 2.75) is 25.8 Å². The van der Waals surface area contributed by atoms with Crippen LogP contribution in [0, 0.1) is 5.82 Å². The summed E-state index contributed by atoms with van der Waals surface area (Å²) in [5.41, 5.74) is 1.70. The molecule has 30 heavy (non-hydrogen) atoms. The number of carbonyl (C=O) groups excluding carboxylic acids is 1. The third kappa shape index (κ3) is 7.77. The monoisotopic (exact) mass is 449 g/mol. The largest absolute Gasteiger partial charge is 0.522 e. The van der Waals surface area contributed by atoms with Crippen molar-refractivity contribution in [3.8, 4) is 11.3 Å². The summed E-state index contributed by atoms with van der Waals surface area (Å²) >= 11 is 5.67. The average Bonchev–Trinajstić information content (AvgIpc) is 3.16. The van der Waals surface area contributed by atoms with Gasteiger partial charge in [-0.25, -0.2) is 9.37 Å². The first-order chi connectivity index (χ1) is 14.0. The molecule has 2 rings (SSSR count). The van der Waals surface area contributed by atoms with Crippen LogP contribution >= 0.6 is 11.6 Å². The van der Waals surface area contributed by atoms with Gasteiger partial charge in [-0.05, 0) is 19.1 Å². The van der Waals surface area contributed by atoms with E-state index in [4.69, 9.17) is 16.3 Å². The number of rotatable bonds is 10. The van der Waals surface area contributed by atoms with Crippen LogP contribution in [0.1, 0.15) is 13.3 Å². The van der Waals surface area contributed by atoms with Gasteiger partial charge < -0.3 is 14.6 Å². The maximum atomic E-state index is 13.6. The molecule has 0 aliphatic heterocycles. The molecule has 11 heteroatoms. The van der Waals surface area contributed by atoms with E-state index < -0.39 is 37.4 Å². The fraction of sp³-hybridized carbons (Fsp3) is 0.368.